The van der Waals surface area contributed by atoms with Crippen LogP contribution in [0.5, 0.6) is 0 Å². The van der Waals surface area contributed by atoms with Crippen LogP contribution in [0.2, 0.25) is 0 Å². The number of fused-ring (bicyclic) bond motifs is 3. The molecule has 1 aliphatic rings. The van der Waals surface area contributed by atoms with Crippen molar-refractivity contribution in [3.63, 3.8) is 0 Å². The molecular formula is C23H28N2. The van der Waals surface area contributed by atoms with E-state index in [2.05, 4.69) is 79.8 Å². The van der Waals surface area contributed by atoms with E-state index in [1.165, 1.54) is 27.6 Å². The molecule has 0 spiro atoms. The van der Waals surface area contributed by atoms with Gasteiger partial charge in [-0.15, -0.1) is 0 Å². The number of aromatic nitrogens is 1. The average molecular weight is 332 g/mol. The van der Waals surface area contributed by atoms with Gasteiger partial charge in [-0.2, -0.15) is 0 Å². The molecule has 0 aliphatic carbocycles. The Labute approximate surface area is 151 Å². The number of nitrogens with zero attached hydrogens (tertiary/aromatic N) is 2. The summed E-state index contributed by atoms with van der Waals surface area (Å²) in [5.74, 6) is 0. The molecule has 25 heavy (non-hydrogen) atoms. The van der Waals surface area contributed by atoms with E-state index in [0.29, 0.717) is 6.04 Å². The third kappa shape index (κ3) is 2.89. The molecule has 2 aromatic carbocycles. The predicted molar refractivity (Wildman–Crippen MR) is 106 cm³/mol. The van der Waals surface area contributed by atoms with Gasteiger partial charge < -0.3 is 4.57 Å². The Bertz CT molecular complexity index is 919. The Hall–Kier alpha value is -2.06. The molecule has 130 valence electrons. The van der Waals surface area contributed by atoms with E-state index in [9.17, 15) is 0 Å². The minimum absolute atomic E-state index is 0.606. The van der Waals surface area contributed by atoms with Crippen molar-refractivity contribution < 1.29 is 0 Å². The maximum Gasteiger partial charge on any atom is 0.0515 e. The van der Waals surface area contributed by atoms with E-state index in [1.807, 2.05) is 0 Å². The number of aryl methyl sites for hydroxylation is 4. The minimum atomic E-state index is 0.606. The number of benzene rings is 2. The Morgan fingerprint density at radius 2 is 1.88 bits per heavy atom. The highest BCUT2D eigenvalue weighted by atomic mass is 15.1. The molecule has 1 atom stereocenters. The van der Waals surface area contributed by atoms with E-state index >= 15 is 0 Å². The molecular weight excluding hydrogens is 304 g/mol. The highest BCUT2D eigenvalue weighted by Crippen LogP contribution is 2.34. The van der Waals surface area contributed by atoms with Crippen LogP contribution >= 0.6 is 0 Å². The van der Waals surface area contributed by atoms with E-state index in [0.717, 1.165) is 25.9 Å². The zero-order valence-corrected chi connectivity index (χ0v) is 15.8. The van der Waals surface area contributed by atoms with Gasteiger partial charge in [0.05, 0.1) is 5.52 Å². The Morgan fingerprint density at radius 3 is 2.68 bits per heavy atom. The molecule has 0 fully saturated rings. The number of rotatable bonds is 3. The second kappa shape index (κ2) is 6.34. The van der Waals surface area contributed by atoms with Crippen LogP contribution in [-0.4, -0.2) is 22.6 Å². The zero-order valence-electron chi connectivity index (χ0n) is 15.8. The third-order valence-electron chi connectivity index (χ3n) is 5.86. The summed E-state index contributed by atoms with van der Waals surface area (Å²) in [4.78, 5) is 2.48. The first-order valence-electron chi connectivity index (χ1n) is 9.40. The fraction of sp³-hybridized carbons (Fsp3) is 0.391. The molecule has 0 saturated carbocycles. The topological polar surface area (TPSA) is 8.17 Å². The van der Waals surface area contributed by atoms with Crippen molar-refractivity contribution >= 4 is 10.9 Å². The highest BCUT2D eigenvalue weighted by Gasteiger charge is 2.26. The molecule has 0 bridgehead atoms. The summed E-state index contributed by atoms with van der Waals surface area (Å²) in [6, 6.07) is 16.3. The lowest BCUT2D eigenvalue weighted by atomic mass is 9.99. The minimum Gasteiger partial charge on any atom is -0.344 e. The zero-order chi connectivity index (χ0) is 17.6. The number of hydrogen-bond donors (Lipinski definition) is 0. The summed E-state index contributed by atoms with van der Waals surface area (Å²) in [6.07, 6.45) is 2.24. The number of hydrogen-bond acceptors (Lipinski definition) is 1. The van der Waals surface area contributed by atoms with Crippen molar-refractivity contribution in [2.75, 3.05) is 7.05 Å². The largest absolute Gasteiger partial charge is 0.344 e. The Kier molecular flexibility index (Phi) is 4.16. The van der Waals surface area contributed by atoms with Gasteiger partial charge in [-0.25, -0.2) is 0 Å². The van der Waals surface area contributed by atoms with Gasteiger partial charge in [-0.1, -0.05) is 48.0 Å². The lowest BCUT2D eigenvalue weighted by molar-refractivity contribution is 0.228. The van der Waals surface area contributed by atoms with Crippen LogP contribution in [0.25, 0.3) is 10.9 Å². The van der Waals surface area contributed by atoms with Crippen LogP contribution in [0.15, 0.2) is 42.5 Å². The van der Waals surface area contributed by atoms with Crippen molar-refractivity contribution in [1.82, 2.24) is 9.47 Å². The first kappa shape index (κ1) is 16.4. The average Bonchev–Trinajstić information content (AvgIpc) is 2.88. The van der Waals surface area contributed by atoms with Crippen molar-refractivity contribution in [1.29, 1.82) is 0 Å². The van der Waals surface area contributed by atoms with E-state index < -0.39 is 0 Å². The van der Waals surface area contributed by atoms with Gasteiger partial charge in [0.15, 0.2) is 0 Å². The van der Waals surface area contributed by atoms with E-state index in [1.54, 1.807) is 11.3 Å². The lowest BCUT2D eigenvalue weighted by Crippen LogP contribution is -2.35. The summed E-state index contributed by atoms with van der Waals surface area (Å²) < 4.78 is 2.62. The molecule has 1 unspecified atom stereocenters. The van der Waals surface area contributed by atoms with Gasteiger partial charge in [-0.05, 0) is 50.9 Å². The van der Waals surface area contributed by atoms with Crippen LogP contribution in [0.4, 0.5) is 0 Å². The van der Waals surface area contributed by atoms with Crippen molar-refractivity contribution in [3.05, 3.63) is 70.4 Å². The summed E-state index contributed by atoms with van der Waals surface area (Å²) in [5, 5.41) is 1.46. The van der Waals surface area contributed by atoms with Crippen LogP contribution in [0.1, 0.15) is 34.9 Å². The Morgan fingerprint density at radius 1 is 1.08 bits per heavy atom. The molecule has 0 radical (unpaired) electrons. The summed E-state index contributed by atoms with van der Waals surface area (Å²) >= 11 is 0. The van der Waals surface area contributed by atoms with Gasteiger partial charge in [0, 0.05) is 36.6 Å². The standard InChI is InChI=1S/C23H28N2/c1-16-7-5-9-19(13-16)11-12-25-22-14-18(3)24(4)15-21(22)20-10-6-8-17(2)23(20)25/h5-10,13,18H,11-12,14-15H2,1-4H3. The molecule has 1 aromatic heterocycles. The van der Waals surface area contributed by atoms with Crippen molar-refractivity contribution in [3.8, 4) is 0 Å². The lowest BCUT2D eigenvalue weighted by Gasteiger charge is -2.31. The van der Waals surface area contributed by atoms with E-state index in [-0.39, 0.29) is 0 Å². The first-order valence-corrected chi connectivity index (χ1v) is 9.40. The molecule has 4 rings (SSSR count). The molecule has 2 nitrogen and oxygen atoms in total. The van der Waals surface area contributed by atoms with Gasteiger partial charge in [0.2, 0.25) is 0 Å². The summed E-state index contributed by atoms with van der Waals surface area (Å²) in [5.41, 5.74) is 8.73. The SMILES string of the molecule is Cc1cccc(CCn2c3c(c4cccc(C)c42)CN(C)C(C)C3)c1. The van der Waals surface area contributed by atoms with Crippen LogP contribution in [-0.2, 0) is 25.9 Å². The summed E-state index contributed by atoms with van der Waals surface area (Å²) in [6.45, 7) is 8.91. The molecule has 2 heteroatoms. The highest BCUT2D eigenvalue weighted by molar-refractivity contribution is 5.88. The molecule has 2 heterocycles. The maximum atomic E-state index is 2.62. The van der Waals surface area contributed by atoms with Crippen LogP contribution < -0.4 is 0 Å². The van der Waals surface area contributed by atoms with Gasteiger partial charge in [-0.3, -0.25) is 4.90 Å². The smallest absolute Gasteiger partial charge is 0.0515 e. The number of para-hydroxylation sites is 1. The molecule has 0 saturated heterocycles. The quantitative estimate of drug-likeness (QED) is 0.664. The van der Waals surface area contributed by atoms with Crippen LogP contribution in [0.3, 0.4) is 0 Å². The van der Waals surface area contributed by atoms with Crippen LogP contribution in [0, 0.1) is 13.8 Å². The second-order valence-corrected chi connectivity index (χ2v) is 7.76. The monoisotopic (exact) mass is 332 g/mol. The third-order valence-corrected chi connectivity index (χ3v) is 5.86. The normalized spacial score (nSPS) is 17.8. The van der Waals surface area contributed by atoms with Gasteiger partial charge in [0.1, 0.15) is 0 Å². The van der Waals surface area contributed by atoms with Gasteiger partial charge in [0.25, 0.3) is 0 Å². The molecule has 3 aromatic rings. The van der Waals surface area contributed by atoms with Gasteiger partial charge >= 0.3 is 0 Å². The van der Waals surface area contributed by atoms with E-state index in [4.69, 9.17) is 0 Å². The molecule has 0 N–H and O–H groups in total. The Balaban J connectivity index is 1.78. The molecule has 0 amide bonds. The maximum absolute atomic E-state index is 2.62. The first-order chi connectivity index (χ1) is 12.0. The second-order valence-electron chi connectivity index (χ2n) is 7.76. The fourth-order valence-corrected chi connectivity index (χ4v) is 4.32. The fourth-order valence-electron chi connectivity index (χ4n) is 4.32. The van der Waals surface area contributed by atoms with Crippen molar-refractivity contribution in [2.45, 2.75) is 52.7 Å². The number of likely N-dealkylation sites (N-methyl/N-ethyl adjacent to an activating group) is 1. The summed E-state index contributed by atoms with van der Waals surface area (Å²) in [7, 11) is 2.25. The predicted octanol–water partition coefficient (Wildman–Crippen LogP) is 4.88. The molecule has 1 aliphatic heterocycles. The van der Waals surface area contributed by atoms with Crippen molar-refractivity contribution in [2.24, 2.45) is 0 Å².